The molecule has 6 nitrogen and oxygen atoms in total. The van der Waals surface area contributed by atoms with E-state index in [0.29, 0.717) is 11.3 Å². The van der Waals surface area contributed by atoms with E-state index < -0.39 is 0 Å². The molecule has 100 valence electrons. The molecule has 2 aromatic rings. The molecule has 0 saturated heterocycles. The Balaban J connectivity index is 2.10. The maximum absolute atomic E-state index is 11.7. The molecule has 2 amide bonds. The number of benzene rings is 1. The summed E-state index contributed by atoms with van der Waals surface area (Å²) >= 11 is 4.88. The lowest BCUT2D eigenvalue weighted by molar-refractivity contribution is -0.131. The fourth-order valence-electron chi connectivity index (χ4n) is 1.55. The van der Waals surface area contributed by atoms with Crippen molar-refractivity contribution >= 4 is 40.8 Å². The molecule has 0 saturated carbocycles. The van der Waals surface area contributed by atoms with Gasteiger partial charge in [0.05, 0.1) is 12.1 Å². The van der Waals surface area contributed by atoms with Crippen molar-refractivity contribution in [3.8, 4) is 0 Å². The van der Waals surface area contributed by atoms with Crippen LogP contribution < -0.4 is 5.32 Å². The number of fused-ring (bicyclic) bond motifs is 1. The van der Waals surface area contributed by atoms with Crippen molar-refractivity contribution in [3.63, 3.8) is 0 Å². The predicted octanol–water partition coefficient (Wildman–Crippen LogP) is 1.91. The van der Waals surface area contributed by atoms with Gasteiger partial charge in [0.2, 0.25) is 11.8 Å². The molecule has 0 atom stereocenters. The maximum Gasteiger partial charge on any atom is 0.266 e. The average Bonchev–Trinajstić information content (AvgIpc) is 2.68. The number of H-pyrrole nitrogens is 1. The minimum Gasteiger partial charge on any atom is -0.429 e. The Morgan fingerprint density at radius 3 is 2.89 bits per heavy atom. The van der Waals surface area contributed by atoms with Crippen molar-refractivity contribution in [1.29, 1.82) is 0 Å². The summed E-state index contributed by atoms with van der Waals surface area (Å²) in [5, 5.41) is 2.69. The van der Waals surface area contributed by atoms with Crippen LogP contribution in [0.3, 0.4) is 0 Å². The number of rotatable bonds is 3. The molecule has 2 rings (SSSR count). The lowest BCUT2D eigenvalue weighted by atomic mass is 10.3. The first kappa shape index (κ1) is 13.3. The Hall–Kier alpha value is -2.15. The van der Waals surface area contributed by atoms with Gasteiger partial charge in [0, 0.05) is 25.7 Å². The van der Waals surface area contributed by atoms with Crippen LogP contribution in [0.15, 0.2) is 22.6 Å². The van der Waals surface area contributed by atoms with Crippen molar-refractivity contribution < 1.29 is 14.0 Å². The van der Waals surface area contributed by atoms with E-state index >= 15 is 0 Å². The molecule has 19 heavy (non-hydrogen) atoms. The summed E-state index contributed by atoms with van der Waals surface area (Å²) in [6, 6.07) is 5.17. The molecule has 1 aromatic heterocycles. The van der Waals surface area contributed by atoms with Gasteiger partial charge in [-0.2, -0.15) is 0 Å². The molecule has 1 heterocycles. The summed E-state index contributed by atoms with van der Waals surface area (Å²) in [5.41, 5.74) is 1.93. The lowest BCUT2D eigenvalue weighted by Crippen LogP contribution is -2.33. The highest BCUT2D eigenvalue weighted by molar-refractivity contribution is 7.71. The highest BCUT2D eigenvalue weighted by Gasteiger charge is 2.09. The van der Waals surface area contributed by atoms with E-state index in [1.807, 2.05) is 0 Å². The molecule has 0 aliphatic rings. The molecule has 0 fully saturated rings. The second-order valence-electron chi connectivity index (χ2n) is 4.15. The molecule has 0 unspecified atom stereocenters. The Morgan fingerprint density at radius 1 is 1.47 bits per heavy atom. The highest BCUT2D eigenvalue weighted by atomic mass is 32.1. The largest absolute Gasteiger partial charge is 0.429 e. The molecule has 0 radical (unpaired) electrons. The molecule has 0 spiro atoms. The van der Waals surface area contributed by atoms with Crippen molar-refractivity contribution in [3.05, 3.63) is 23.0 Å². The van der Waals surface area contributed by atoms with Gasteiger partial charge < -0.3 is 19.6 Å². The second kappa shape index (κ2) is 5.23. The van der Waals surface area contributed by atoms with Gasteiger partial charge in [0.25, 0.3) is 4.84 Å². The second-order valence-corrected chi connectivity index (χ2v) is 4.52. The molecule has 0 bridgehead atoms. The third-order valence-electron chi connectivity index (χ3n) is 2.62. The number of aromatic nitrogens is 1. The fourth-order valence-corrected chi connectivity index (χ4v) is 1.75. The molecular weight excluding hydrogens is 266 g/mol. The van der Waals surface area contributed by atoms with Crippen LogP contribution in [-0.2, 0) is 9.59 Å². The number of carbonyl (C=O) groups excluding carboxylic acids is 2. The zero-order valence-electron chi connectivity index (χ0n) is 10.5. The van der Waals surface area contributed by atoms with Crippen LogP contribution in [0.25, 0.3) is 11.1 Å². The van der Waals surface area contributed by atoms with E-state index in [0.717, 1.165) is 5.52 Å². The van der Waals surface area contributed by atoms with Crippen LogP contribution in [0.5, 0.6) is 0 Å². The first-order chi connectivity index (χ1) is 8.95. The SMILES string of the molecule is CC(=O)N(C)CC(=O)Nc1ccc2[nH]c(=S)oc2c1. The van der Waals surface area contributed by atoms with Crippen LogP contribution in [0, 0.1) is 4.84 Å². The topological polar surface area (TPSA) is 78.3 Å². The first-order valence-electron chi connectivity index (χ1n) is 5.60. The molecule has 7 heteroatoms. The van der Waals surface area contributed by atoms with E-state index in [-0.39, 0.29) is 23.2 Å². The van der Waals surface area contributed by atoms with Gasteiger partial charge in [-0.15, -0.1) is 0 Å². The van der Waals surface area contributed by atoms with E-state index in [1.165, 1.54) is 11.8 Å². The third kappa shape index (κ3) is 3.19. The van der Waals surface area contributed by atoms with Crippen LogP contribution in [0.1, 0.15) is 6.92 Å². The van der Waals surface area contributed by atoms with Gasteiger partial charge in [-0.3, -0.25) is 9.59 Å². The van der Waals surface area contributed by atoms with Crippen LogP contribution in [-0.4, -0.2) is 35.3 Å². The zero-order chi connectivity index (χ0) is 14.0. The number of carbonyl (C=O) groups is 2. The van der Waals surface area contributed by atoms with E-state index in [1.54, 1.807) is 25.2 Å². The van der Waals surface area contributed by atoms with Crippen molar-refractivity contribution in [2.75, 3.05) is 18.9 Å². The molecule has 0 aliphatic heterocycles. The Morgan fingerprint density at radius 2 is 2.21 bits per heavy atom. The number of amides is 2. The van der Waals surface area contributed by atoms with Gasteiger partial charge in [0.1, 0.15) is 0 Å². The van der Waals surface area contributed by atoms with Gasteiger partial charge in [-0.25, -0.2) is 0 Å². The molecule has 2 N–H and O–H groups in total. The summed E-state index contributed by atoms with van der Waals surface area (Å²) in [4.78, 5) is 27.2. The predicted molar refractivity (Wildman–Crippen MR) is 73.3 cm³/mol. The summed E-state index contributed by atoms with van der Waals surface area (Å²) in [7, 11) is 1.57. The van der Waals surface area contributed by atoms with Gasteiger partial charge in [0.15, 0.2) is 5.58 Å². The summed E-state index contributed by atoms with van der Waals surface area (Å²) in [6.07, 6.45) is 0. The molecule has 1 aromatic carbocycles. The third-order valence-corrected chi connectivity index (χ3v) is 2.81. The number of nitrogens with zero attached hydrogens (tertiary/aromatic N) is 1. The highest BCUT2D eigenvalue weighted by Crippen LogP contribution is 2.18. The number of hydrogen-bond acceptors (Lipinski definition) is 4. The van der Waals surface area contributed by atoms with Crippen LogP contribution >= 0.6 is 12.2 Å². The standard InChI is InChI=1S/C12H13N3O3S/c1-7(16)15(2)6-11(17)13-8-3-4-9-10(5-8)18-12(19)14-9/h3-5H,6H2,1-2H3,(H,13,17)(H,14,19). The number of aromatic amines is 1. The van der Waals surface area contributed by atoms with E-state index in [4.69, 9.17) is 16.6 Å². The summed E-state index contributed by atoms with van der Waals surface area (Å²) in [6.45, 7) is 1.41. The first-order valence-corrected chi connectivity index (χ1v) is 6.01. The minimum absolute atomic E-state index is 0.00391. The van der Waals surface area contributed by atoms with Gasteiger partial charge in [-0.05, 0) is 24.4 Å². The molecular formula is C12H13N3O3S. The fraction of sp³-hybridized carbons (Fsp3) is 0.250. The van der Waals surface area contributed by atoms with Crippen LogP contribution in [0.4, 0.5) is 5.69 Å². The lowest BCUT2D eigenvalue weighted by Gasteiger charge is -2.14. The average molecular weight is 279 g/mol. The quantitative estimate of drug-likeness (QED) is 0.841. The van der Waals surface area contributed by atoms with Crippen LogP contribution in [0.2, 0.25) is 0 Å². The maximum atomic E-state index is 11.7. The summed E-state index contributed by atoms with van der Waals surface area (Å²) < 4.78 is 5.25. The van der Waals surface area contributed by atoms with Crippen molar-refractivity contribution in [2.24, 2.45) is 0 Å². The van der Waals surface area contributed by atoms with E-state index in [2.05, 4.69) is 10.3 Å². The number of hydrogen-bond donors (Lipinski definition) is 2. The Kier molecular flexibility index (Phi) is 3.66. The molecule has 0 aliphatic carbocycles. The van der Waals surface area contributed by atoms with Crippen molar-refractivity contribution in [2.45, 2.75) is 6.92 Å². The van der Waals surface area contributed by atoms with Gasteiger partial charge >= 0.3 is 0 Å². The zero-order valence-corrected chi connectivity index (χ0v) is 11.3. The van der Waals surface area contributed by atoms with E-state index in [9.17, 15) is 9.59 Å². The minimum atomic E-state index is -0.272. The smallest absolute Gasteiger partial charge is 0.266 e. The summed E-state index contributed by atoms with van der Waals surface area (Å²) in [5.74, 6) is -0.437. The Bertz CT molecular complexity index is 689. The monoisotopic (exact) mass is 279 g/mol. The Labute approximate surface area is 114 Å². The van der Waals surface area contributed by atoms with Gasteiger partial charge in [-0.1, -0.05) is 0 Å². The normalized spacial score (nSPS) is 10.4. The number of nitrogens with one attached hydrogen (secondary N) is 2. The number of likely N-dealkylation sites (N-methyl/N-ethyl adjacent to an activating group) is 1. The number of oxazole rings is 1. The number of anilines is 1. The van der Waals surface area contributed by atoms with Crippen molar-refractivity contribution in [1.82, 2.24) is 9.88 Å².